The number of aliphatic hydroxyl groups excluding tert-OH is 1. The number of benzene rings is 1. The van der Waals surface area contributed by atoms with Gasteiger partial charge in [0.1, 0.15) is 5.82 Å². The summed E-state index contributed by atoms with van der Waals surface area (Å²) in [6.07, 6.45) is 3.81. The number of aliphatic hydroxyl groups is 1. The number of hydrogen-bond acceptors (Lipinski definition) is 6. The summed E-state index contributed by atoms with van der Waals surface area (Å²) < 4.78 is 5.25. The molecule has 160 valence electrons. The van der Waals surface area contributed by atoms with Crippen molar-refractivity contribution in [2.75, 3.05) is 32.1 Å². The molecule has 0 saturated heterocycles. The van der Waals surface area contributed by atoms with Crippen LogP contribution in [0.4, 0.5) is 5.82 Å². The van der Waals surface area contributed by atoms with Gasteiger partial charge in [0.05, 0.1) is 13.2 Å². The largest absolute Gasteiger partial charge is 0.481 e. The molecule has 7 nitrogen and oxygen atoms in total. The van der Waals surface area contributed by atoms with Crippen LogP contribution >= 0.6 is 0 Å². The minimum Gasteiger partial charge on any atom is -0.481 e. The number of nitrogens with zero attached hydrogens (tertiary/aromatic N) is 2. The van der Waals surface area contributed by atoms with Crippen molar-refractivity contribution in [3.8, 4) is 5.88 Å². The minimum absolute atomic E-state index is 0.201. The van der Waals surface area contributed by atoms with Gasteiger partial charge < -0.3 is 20.5 Å². The molecule has 0 bridgehead atoms. The average molecular weight is 411 g/mol. The summed E-state index contributed by atoms with van der Waals surface area (Å²) in [4.78, 5) is 19.3. The summed E-state index contributed by atoms with van der Waals surface area (Å²) in [7, 11) is 1.54. The number of amides is 1. The van der Waals surface area contributed by atoms with E-state index >= 15 is 0 Å². The number of aromatic nitrogens is 1. The number of carbonyl (C=O) groups excluding carboxylic acids is 1. The lowest BCUT2D eigenvalue weighted by Crippen LogP contribution is -2.42. The van der Waals surface area contributed by atoms with E-state index in [1.807, 2.05) is 0 Å². The summed E-state index contributed by atoms with van der Waals surface area (Å²) in [5.74, 6) is 0.809. The third-order valence-corrected chi connectivity index (χ3v) is 5.91. The van der Waals surface area contributed by atoms with E-state index in [2.05, 4.69) is 44.8 Å². The van der Waals surface area contributed by atoms with Crippen molar-refractivity contribution in [3.63, 3.8) is 0 Å². The van der Waals surface area contributed by atoms with Gasteiger partial charge in [-0.05, 0) is 42.9 Å². The third kappa shape index (κ3) is 5.09. The molecule has 30 heavy (non-hydrogen) atoms. The molecule has 1 fully saturated rings. The number of fused-ring (bicyclic) bond motifs is 1. The van der Waals surface area contributed by atoms with Gasteiger partial charge in [0.15, 0.2) is 0 Å². The van der Waals surface area contributed by atoms with Crippen LogP contribution in [0.2, 0.25) is 0 Å². The molecule has 1 unspecified atom stereocenters. The Morgan fingerprint density at radius 3 is 2.83 bits per heavy atom. The second-order valence-corrected chi connectivity index (χ2v) is 8.17. The number of carbonyl (C=O) groups is 1. The van der Waals surface area contributed by atoms with Crippen molar-refractivity contribution in [3.05, 3.63) is 53.1 Å². The molecule has 2 aliphatic rings. The van der Waals surface area contributed by atoms with E-state index < -0.39 is 6.10 Å². The van der Waals surface area contributed by atoms with Gasteiger partial charge in [-0.3, -0.25) is 9.69 Å². The van der Waals surface area contributed by atoms with E-state index in [0.717, 1.165) is 32.4 Å². The zero-order chi connectivity index (χ0) is 20.9. The summed E-state index contributed by atoms with van der Waals surface area (Å²) in [6.45, 7) is 2.48. The Bertz CT molecular complexity index is 885. The molecule has 0 radical (unpaired) electrons. The maximum Gasteiger partial charge on any atom is 0.251 e. The first-order chi connectivity index (χ1) is 14.6. The maximum absolute atomic E-state index is 12.6. The SMILES string of the molecule is COc1cc(C(=O)NCC(O)CN2CCc3ccccc3C2)cc(NC2CCC2)n1. The fraction of sp³-hybridized carbons (Fsp3) is 0.478. The summed E-state index contributed by atoms with van der Waals surface area (Å²) >= 11 is 0. The Morgan fingerprint density at radius 2 is 2.10 bits per heavy atom. The fourth-order valence-electron chi connectivity index (χ4n) is 3.96. The topological polar surface area (TPSA) is 86.7 Å². The predicted octanol–water partition coefficient (Wildman–Crippen LogP) is 2.20. The highest BCUT2D eigenvalue weighted by atomic mass is 16.5. The van der Waals surface area contributed by atoms with Crippen LogP contribution in [0.25, 0.3) is 0 Å². The van der Waals surface area contributed by atoms with Gasteiger partial charge in [0.2, 0.25) is 5.88 Å². The molecule has 1 aliphatic heterocycles. The number of ether oxygens (including phenoxy) is 1. The number of hydrogen-bond donors (Lipinski definition) is 3. The van der Waals surface area contributed by atoms with Gasteiger partial charge in [-0.2, -0.15) is 4.98 Å². The van der Waals surface area contributed by atoms with Crippen molar-refractivity contribution < 1.29 is 14.6 Å². The van der Waals surface area contributed by atoms with Crippen LogP contribution in [0.5, 0.6) is 5.88 Å². The highest BCUT2D eigenvalue weighted by molar-refractivity contribution is 5.95. The first-order valence-corrected chi connectivity index (χ1v) is 10.7. The Kier molecular flexibility index (Phi) is 6.50. The Labute approximate surface area is 177 Å². The lowest BCUT2D eigenvalue weighted by atomic mass is 9.93. The highest BCUT2D eigenvalue weighted by Crippen LogP contribution is 2.24. The number of anilines is 1. The van der Waals surface area contributed by atoms with Crippen LogP contribution in [-0.2, 0) is 13.0 Å². The summed E-state index contributed by atoms with van der Waals surface area (Å²) in [6, 6.07) is 12.2. The first-order valence-electron chi connectivity index (χ1n) is 10.7. The number of nitrogens with one attached hydrogen (secondary N) is 2. The van der Waals surface area contributed by atoms with Crippen molar-refractivity contribution >= 4 is 11.7 Å². The lowest BCUT2D eigenvalue weighted by Gasteiger charge is -2.30. The molecule has 2 aromatic rings. The minimum atomic E-state index is -0.629. The molecular formula is C23H30N4O3. The number of pyridine rings is 1. The van der Waals surface area contributed by atoms with Crippen LogP contribution in [-0.4, -0.2) is 59.8 Å². The first kappa shape index (κ1) is 20.6. The van der Waals surface area contributed by atoms with E-state index in [9.17, 15) is 9.90 Å². The molecular weight excluding hydrogens is 380 g/mol. The second-order valence-electron chi connectivity index (χ2n) is 8.17. The molecule has 1 atom stereocenters. The average Bonchev–Trinajstić information content (AvgIpc) is 2.74. The normalized spacial score (nSPS) is 17.5. The van der Waals surface area contributed by atoms with Crippen LogP contribution in [0.3, 0.4) is 0 Å². The predicted molar refractivity (Wildman–Crippen MR) is 116 cm³/mol. The van der Waals surface area contributed by atoms with E-state index in [1.54, 1.807) is 12.1 Å². The van der Waals surface area contributed by atoms with Gasteiger partial charge in [0.25, 0.3) is 5.91 Å². The Morgan fingerprint density at radius 1 is 1.30 bits per heavy atom. The molecule has 1 aromatic carbocycles. The molecule has 7 heteroatoms. The number of methoxy groups -OCH3 is 1. The Hall–Kier alpha value is -2.64. The third-order valence-electron chi connectivity index (χ3n) is 5.91. The molecule has 2 heterocycles. The van der Waals surface area contributed by atoms with Gasteiger partial charge in [-0.1, -0.05) is 24.3 Å². The summed E-state index contributed by atoms with van der Waals surface area (Å²) in [5.41, 5.74) is 3.17. The van der Waals surface area contributed by atoms with Crippen LogP contribution in [0.1, 0.15) is 40.7 Å². The standard InChI is InChI=1S/C23H30N4O3/c1-30-22-12-18(11-21(26-22)25-19-7-4-8-19)23(29)24-13-20(28)15-27-10-9-16-5-2-3-6-17(16)14-27/h2-3,5-6,11-12,19-20,28H,4,7-10,13-15H2,1H3,(H,24,29)(H,25,26). The van der Waals surface area contributed by atoms with Crippen molar-refractivity contribution in [1.82, 2.24) is 15.2 Å². The molecule has 1 aromatic heterocycles. The lowest BCUT2D eigenvalue weighted by molar-refractivity contribution is 0.0841. The van der Waals surface area contributed by atoms with Crippen molar-refractivity contribution in [2.24, 2.45) is 0 Å². The Balaban J connectivity index is 1.30. The van der Waals surface area contributed by atoms with Gasteiger partial charge in [-0.25, -0.2) is 0 Å². The van der Waals surface area contributed by atoms with Gasteiger partial charge in [-0.15, -0.1) is 0 Å². The van der Waals surface area contributed by atoms with E-state index in [4.69, 9.17) is 4.74 Å². The molecule has 1 saturated carbocycles. The number of rotatable bonds is 8. The molecule has 3 N–H and O–H groups in total. The van der Waals surface area contributed by atoms with E-state index in [1.165, 1.54) is 24.7 Å². The van der Waals surface area contributed by atoms with Crippen molar-refractivity contribution in [2.45, 2.75) is 44.4 Å². The zero-order valence-electron chi connectivity index (χ0n) is 17.4. The van der Waals surface area contributed by atoms with E-state index in [-0.39, 0.29) is 12.5 Å². The molecule has 1 aliphatic carbocycles. The van der Waals surface area contributed by atoms with Gasteiger partial charge in [0, 0.05) is 43.9 Å². The van der Waals surface area contributed by atoms with Gasteiger partial charge >= 0.3 is 0 Å². The second kappa shape index (κ2) is 9.45. The zero-order valence-corrected chi connectivity index (χ0v) is 17.4. The monoisotopic (exact) mass is 410 g/mol. The molecule has 4 rings (SSSR count). The molecule has 1 amide bonds. The fourth-order valence-corrected chi connectivity index (χ4v) is 3.96. The smallest absolute Gasteiger partial charge is 0.251 e. The van der Waals surface area contributed by atoms with Crippen LogP contribution in [0.15, 0.2) is 36.4 Å². The maximum atomic E-state index is 12.6. The molecule has 0 spiro atoms. The highest BCUT2D eigenvalue weighted by Gasteiger charge is 2.21. The summed E-state index contributed by atoms with van der Waals surface area (Å²) in [5, 5.41) is 16.6. The van der Waals surface area contributed by atoms with Crippen LogP contribution < -0.4 is 15.4 Å². The van der Waals surface area contributed by atoms with Crippen LogP contribution in [0, 0.1) is 0 Å². The van der Waals surface area contributed by atoms with Crippen molar-refractivity contribution in [1.29, 1.82) is 0 Å². The quantitative estimate of drug-likeness (QED) is 0.619. The number of β-amino-alcohol motifs (C(OH)–C–C–N with tert-alkyl or cyclic N) is 1. The van der Waals surface area contributed by atoms with E-state index in [0.29, 0.717) is 29.8 Å².